The third-order valence-corrected chi connectivity index (χ3v) is 4.97. The van der Waals surface area contributed by atoms with Crippen LogP contribution in [0.2, 0.25) is 0 Å². The Bertz CT molecular complexity index is 897. The lowest BCUT2D eigenvalue weighted by Crippen LogP contribution is -2.30. The minimum atomic E-state index is -0.410. The fourth-order valence-corrected chi connectivity index (χ4v) is 3.53. The van der Waals surface area contributed by atoms with Crippen molar-refractivity contribution in [1.82, 2.24) is 5.32 Å². The first-order valence-corrected chi connectivity index (χ1v) is 10.6. The lowest BCUT2D eigenvalue weighted by atomic mass is 10.1. The summed E-state index contributed by atoms with van der Waals surface area (Å²) in [6.07, 6.45) is 2.21. The minimum absolute atomic E-state index is 0.190. The first kappa shape index (κ1) is 22.4. The molecule has 0 bridgehead atoms. The van der Waals surface area contributed by atoms with Crippen LogP contribution in [0.15, 0.2) is 42.5 Å². The first-order chi connectivity index (χ1) is 15.1. The van der Waals surface area contributed by atoms with Gasteiger partial charge in [0.05, 0.1) is 24.5 Å². The second kappa shape index (κ2) is 11.2. The van der Waals surface area contributed by atoms with E-state index in [9.17, 15) is 9.59 Å². The summed E-state index contributed by atoms with van der Waals surface area (Å²) in [4.78, 5) is 27.6. The molecular formula is C23H30N4O4. The van der Waals surface area contributed by atoms with Gasteiger partial charge in [-0.1, -0.05) is 12.1 Å². The Labute approximate surface area is 182 Å². The fraction of sp³-hybridized carbons (Fsp3) is 0.391. The summed E-state index contributed by atoms with van der Waals surface area (Å²) < 4.78 is 10.6. The van der Waals surface area contributed by atoms with Gasteiger partial charge in [0.2, 0.25) is 0 Å². The number of carbonyl (C=O) groups excluding carboxylic acids is 2. The quantitative estimate of drug-likeness (QED) is 0.532. The van der Waals surface area contributed by atoms with E-state index in [2.05, 4.69) is 20.9 Å². The number of amides is 3. The van der Waals surface area contributed by atoms with Gasteiger partial charge in [-0.15, -0.1) is 0 Å². The van der Waals surface area contributed by atoms with E-state index in [0.717, 1.165) is 31.6 Å². The average molecular weight is 427 g/mol. The first-order valence-electron chi connectivity index (χ1n) is 10.6. The number of hydrogen-bond donors (Lipinski definition) is 3. The number of para-hydroxylation sites is 2. The highest BCUT2D eigenvalue weighted by Gasteiger charge is 2.20. The molecule has 3 N–H and O–H groups in total. The second-order valence-electron chi connectivity index (χ2n) is 7.18. The van der Waals surface area contributed by atoms with Crippen LogP contribution in [0.5, 0.6) is 5.75 Å². The summed E-state index contributed by atoms with van der Waals surface area (Å²) >= 11 is 0. The molecule has 0 radical (unpaired) electrons. The smallest absolute Gasteiger partial charge is 0.323 e. The Hall–Kier alpha value is -3.26. The van der Waals surface area contributed by atoms with Gasteiger partial charge < -0.3 is 30.3 Å². The van der Waals surface area contributed by atoms with Crippen LogP contribution in [0, 0.1) is 0 Å². The number of anilines is 3. The molecular weight excluding hydrogens is 396 g/mol. The van der Waals surface area contributed by atoms with E-state index in [1.807, 2.05) is 31.2 Å². The Balaban J connectivity index is 1.75. The fourth-order valence-electron chi connectivity index (χ4n) is 3.53. The van der Waals surface area contributed by atoms with Crippen LogP contribution >= 0.6 is 0 Å². The van der Waals surface area contributed by atoms with Crippen LogP contribution in [-0.2, 0) is 4.74 Å². The summed E-state index contributed by atoms with van der Waals surface area (Å²) in [6, 6.07) is 12.2. The summed E-state index contributed by atoms with van der Waals surface area (Å²) in [5.41, 5.74) is 2.52. The molecule has 166 valence electrons. The van der Waals surface area contributed by atoms with Crippen molar-refractivity contribution in [3.05, 3.63) is 48.0 Å². The number of rotatable bonds is 9. The monoisotopic (exact) mass is 426 g/mol. The second-order valence-corrected chi connectivity index (χ2v) is 7.18. The summed E-state index contributed by atoms with van der Waals surface area (Å²) in [6.45, 7) is 5.07. The standard InChI is InChI=1S/C23H30N4O4/c1-3-31-21-9-5-4-8-19(21)26-23(29)25-17-10-11-20(27-13-6-7-14-27)18(16-17)22(28)24-12-15-30-2/h4-5,8-11,16H,3,6-7,12-15H2,1-2H3,(H,24,28)(H2,25,26,29). The van der Waals surface area contributed by atoms with Gasteiger partial charge in [-0.3, -0.25) is 4.79 Å². The molecule has 0 unspecified atom stereocenters. The normalized spacial score (nSPS) is 13.0. The lowest BCUT2D eigenvalue weighted by Gasteiger charge is -2.22. The number of methoxy groups -OCH3 is 1. The van der Waals surface area contributed by atoms with Gasteiger partial charge in [-0.25, -0.2) is 4.79 Å². The Morgan fingerprint density at radius 2 is 1.84 bits per heavy atom. The Morgan fingerprint density at radius 1 is 1.06 bits per heavy atom. The summed E-state index contributed by atoms with van der Waals surface area (Å²) in [5, 5.41) is 8.48. The van der Waals surface area contributed by atoms with Gasteiger partial charge in [0, 0.05) is 38.1 Å². The zero-order chi connectivity index (χ0) is 22.1. The van der Waals surface area contributed by atoms with E-state index in [-0.39, 0.29) is 5.91 Å². The molecule has 3 amide bonds. The van der Waals surface area contributed by atoms with Gasteiger partial charge in [-0.05, 0) is 50.1 Å². The van der Waals surface area contributed by atoms with Gasteiger partial charge in [-0.2, -0.15) is 0 Å². The molecule has 3 rings (SSSR count). The van der Waals surface area contributed by atoms with Gasteiger partial charge in [0.15, 0.2) is 0 Å². The van der Waals surface area contributed by atoms with Crippen molar-refractivity contribution >= 4 is 29.0 Å². The number of nitrogens with zero attached hydrogens (tertiary/aromatic N) is 1. The molecule has 0 atom stereocenters. The van der Waals surface area contributed by atoms with Crippen LogP contribution in [0.3, 0.4) is 0 Å². The van der Waals surface area contributed by atoms with Crippen LogP contribution < -0.4 is 25.6 Å². The Morgan fingerprint density at radius 3 is 2.58 bits per heavy atom. The van der Waals surface area contributed by atoms with Crippen LogP contribution in [0.1, 0.15) is 30.1 Å². The third-order valence-electron chi connectivity index (χ3n) is 4.97. The number of urea groups is 1. The van der Waals surface area contributed by atoms with Crippen molar-refractivity contribution in [2.24, 2.45) is 0 Å². The largest absolute Gasteiger partial charge is 0.492 e. The topological polar surface area (TPSA) is 91.9 Å². The molecule has 31 heavy (non-hydrogen) atoms. The van der Waals surface area contributed by atoms with Crippen molar-refractivity contribution in [1.29, 1.82) is 0 Å². The van der Waals surface area contributed by atoms with Gasteiger partial charge in [0.1, 0.15) is 5.75 Å². The number of ether oxygens (including phenoxy) is 2. The molecule has 1 saturated heterocycles. The van der Waals surface area contributed by atoms with Crippen LogP contribution in [-0.4, -0.2) is 51.9 Å². The third kappa shape index (κ3) is 6.11. The molecule has 2 aromatic rings. The van der Waals surface area contributed by atoms with Crippen molar-refractivity contribution in [2.75, 3.05) is 55.5 Å². The SMILES string of the molecule is CCOc1ccccc1NC(=O)Nc1ccc(N2CCCC2)c(C(=O)NCCOC)c1. The number of carbonyl (C=O) groups is 2. The molecule has 0 aliphatic carbocycles. The highest BCUT2D eigenvalue weighted by molar-refractivity contribution is 6.04. The molecule has 1 aliphatic heterocycles. The molecule has 0 saturated carbocycles. The predicted molar refractivity (Wildman–Crippen MR) is 122 cm³/mol. The maximum atomic E-state index is 12.8. The molecule has 1 aliphatic rings. The molecule has 0 spiro atoms. The number of nitrogens with one attached hydrogen (secondary N) is 3. The van der Waals surface area contributed by atoms with Gasteiger partial charge in [0.25, 0.3) is 5.91 Å². The average Bonchev–Trinajstić information content (AvgIpc) is 3.30. The zero-order valence-electron chi connectivity index (χ0n) is 18.1. The van der Waals surface area contributed by atoms with E-state index in [0.29, 0.717) is 42.4 Å². The van der Waals surface area contributed by atoms with Crippen molar-refractivity contribution in [3.63, 3.8) is 0 Å². The highest BCUT2D eigenvalue weighted by atomic mass is 16.5. The molecule has 0 aromatic heterocycles. The van der Waals surface area contributed by atoms with Crippen molar-refractivity contribution in [3.8, 4) is 5.75 Å². The molecule has 8 nitrogen and oxygen atoms in total. The predicted octanol–water partition coefficient (Wildman–Crippen LogP) is 3.71. The van der Waals surface area contributed by atoms with Crippen LogP contribution in [0.25, 0.3) is 0 Å². The van der Waals surface area contributed by atoms with E-state index in [1.54, 1.807) is 25.3 Å². The van der Waals surface area contributed by atoms with Crippen LogP contribution in [0.4, 0.5) is 21.9 Å². The van der Waals surface area contributed by atoms with E-state index < -0.39 is 6.03 Å². The van der Waals surface area contributed by atoms with E-state index in [1.165, 1.54) is 0 Å². The number of hydrogen-bond acceptors (Lipinski definition) is 5. The van der Waals surface area contributed by atoms with E-state index in [4.69, 9.17) is 9.47 Å². The minimum Gasteiger partial charge on any atom is -0.492 e. The summed E-state index contributed by atoms with van der Waals surface area (Å²) in [7, 11) is 1.59. The number of benzene rings is 2. The Kier molecular flexibility index (Phi) is 8.12. The molecule has 1 fully saturated rings. The zero-order valence-corrected chi connectivity index (χ0v) is 18.1. The molecule has 8 heteroatoms. The summed E-state index contributed by atoms with van der Waals surface area (Å²) in [5.74, 6) is 0.410. The lowest BCUT2D eigenvalue weighted by molar-refractivity contribution is 0.0937. The van der Waals surface area contributed by atoms with E-state index >= 15 is 0 Å². The van der Waals surface area contributed by atoms with Crippen molar-refractivity contribution < 1.29 is 19.1 Å². The highest BCUT2D eigenvalue weighted by Crippen LogP contribution is 2.28. The van der Waals surface area contributed by atoms with Gasteiger partial charge >= 0.3 is 6.03 Å². The maximum absolute atomic E-state index is 12.8. The maximum Gasteiger partial charge on any atom is 0.323 e. The molecule has 2 aromatic carbocycles. The molecule has 1 heterocycles. The van der Waals surface area contributed by atoms with Crippen molar-refractivity contribution in [2.45, 2.75) is 19.8 Å².